The average molecular weight is 356 g/mol. The molecular formula is C19H20N2O3S. The van der Waals surface area contributed by atoms with Crippen LogP contribution in [0.2, 0.25) is 0 Å². The summed E-state index contributed by atoms with van der Waals surface area (Å²) in [5.74, 6) is 0.152. The number of sulfonamides is 1. The monoisotopic (exact) mass is 356 g/mol. The van der Waals surface area contributed by atoms with Crippen LogP contribution in [0.25, 0.3) is 16.5 Å². The van der Waals surface area contributed by atoms with E-state index in [-0.39, 0.29) is 11.9 Å². The molecule has 2 heterocycles. The molecule has 2 aromatic carbocycles. The van der Waals surface area contributed by atoms with Crippen LogP contribution < -0.4 is 0 Å². The molecule has 25 heavy (non-hydrogen) atoms. The SMILES string of the molecule is C[C@@H]1CCCN1S(=O)(=O)c1ccc(-n2cc3ccccc3c2O)cc1. The lowest BCUT2D eigenvalue weighted by Crippen LogP contribution is -2.33. The molecule has 1 aliphatic rings. The van der Waals surface area contributed by atoms with Gasteiger partial charge in [-0.05, 0) is 50.1 Å². The lowest BCUT2D eigenvalue weighted by atomic mass is 10.2. The summed E-state index contributed by atoms with van der Waals surface area (Å²) >= 11 is 0. The second-order valence-corrected chi connectivity index (χ2v) is 8.40. The molecule has 5 nitrogen and oxygen atoms in total. The van der Waals surface area contributed by atoms with Crippen LogP contribution in [-0.4, -0.2) is 35.0 Å². The Morgan fingerprint density at radius 2 is 1.80 bits per heavy atom. The zero-order valence-corrected chi connectivity index (χ0v) is 14.8. The van der Waals surface area contributed by atoms with E-state index in [9.17, 15) is 13.5 Å². The largest absolute Gasteiger partial charge is 0.494 e. The first-order valence-corrected chi connectivity index (χ1v) is 9.84. The minimum absolute atomic E-state index is 0.0449. The summed E-state index contributed by atoms with van der Waals surface area (Å²) in [6, 6.07) is 14.3. The molecule has 1 aromatic heterocycles. The van der Waals surface area contributed by atoms with Crippen LogP contribution >= 0.6 is 0 Å². The Kier molecular flexibility index (Phi) is 3.81. The van der Waals surface area contributed by atoms with Crippen molar-refractivity contribution in [2.45, 2.75) is 30.7 Å². The number of rotatable bonds is 3. The number of aromatic nitrogens is 1. The summed E-state index contributed by atoms with van der Waals surface area (Å²) in [7, 11) is -3.46. The molecule has 0 amide bonds. The highest BCUT2D eigenvalue weighted by Gasteiger charge is 2.32. The summed E-state index contributed by atoms with van der Waals surface area (Å²) in [5, 5.41) is 12.1. The minimum Gasteiger partial charge on any atom is -0.494 e. The number of aromatic hydroxyl groups is 1. The van der Waals surface area contributed by atoms with Gasteiger partial charge in [0.2, 0.25) is 15.9 Å². The highest BCUT2D eigenvalue weighted by Crippen LogP contribution is 2.31. The third-order valence-corrected chi connectivity index (χ3v) is 6.94. The van der Waals surface area contributed by atoms with Gasteiger partial charge in [-0.25, -0.2) is 8.42 Å². The van der Waals surface area contributed by atoms with Gasteiger partial charge in [-0.15, -0.1) is 0 Å². The normalized spacial score (nSPS) is 18.8. The number of hydrogen-bond acceptors (Lipinski definition) is 3. The van der Waals surface area contributed by atoms with Gasteiger partial charge in [-0.3, -0.25) is 4.57 Å². The molecule has 0 spiro atoms. The van der Waals surface area contributed by atoms with Crippen molar-refractivity contribution in [1.29, 1.82) is 0 Å². The molecular weight excluding hydrogens is 336 g/mol. The second-order valence-electron chi connectivity index (χ2n) is 6.51. The van der Waals surface area contributed by atoms with Crippen LogP contribution in [0.4, 0.5) is 0 Å². The standard InChI is InChI=1S/C19H20N2O3S/c1-14-5-4-12-21(14)25(23,24)17-10-8-16(9-11-17)20-13-15-6-2-3-7-18(15)19(20)22/h2-3,6-11,13-14,22H,4-5,12H2,1H3/t14-/m1/s1. The lowest BCUT2D eigenvalue weighted by Gasteiger charge is -2.21. The fourth-order valence-electron chi connectivity index (χ4n) is 3.52. The van der Waals surface area contributed by atoms with Crippen LogP contribution in [0.15, 0.2) is 59.6 Å². The fourth-order valence-corrected chi connectivity index (χ4v) is 5.22. The third kappa shape index (κ3) is 2.62. The summed E-state index contributed by atoms with van der Waals surface area (Å²) in [5.41, 5.74) is 0.724. The molecule has 1 aliphatic heterocycles. The van der Waals surface area contributed by atoms with Gasteiger partial charge in [-0.2, -0.15) is 4.31 Å². The van der Waals surface area contributed by atoms with Crippen molar-refractivity contribution in [3.05, 3.63) is 54.7 Å². The Morgan fingerprint density at radius 1 is 1.08 bits per heavy atom. The van der Waals surface area contributed by atoms with Gasteiger partial charge in [0, 0.05) is 35.2 Å². The molecule has 1 atom stereocenters. The Balaban J connectivity index is 1.71. The molecule has 0 unspecified atom stereocenters. The quantitative estimate of drug-likeness (QED) is 0.781. The van der Waals surface area contributed by atoms with Crippen molar-refractivity contribution in [1.82, 2.24) is 8.87 Å². The van der Waals surface area contributed by atoms with Crippen molar-refractivity contribution in [2.24, 2.45) is 0 Å². The van der Waals surface area contributed by atoms with Crippen LogP contribution in [-0.2, 0) is 10.0 Å². The molecule has 3 aromatic rings. The van der Waals surface area contributed by atoms with Crippen LogP contribution in [0, 0.1) is 0 Å². The highest BCUT2D eigenvalue weighted by molar-refractivity contribution is 7.89. The maximum Gasteiger partial charge on any atom is 0.243 e. The summed E-state index contributed by atoms with van der Waals surface area (Å²) < 4.78 is 28.8. The fraction of sp³-hybridized carbons (Fsp3) is 0.263. The first kappa shape index (κ1) is 16.2. The van der Waals surface area contributed by atoms with E-state index in [0.717, 1.165) is 29.3 Å². The summed E-state index contributed by atoms with van der Waals surface area (Å²) in [6.07, 6.45) is 3.65. The summed E-state index contributed by atoms with van der Waals surface area (Å²) in [6.45, 7) is 2.53. The van der Waals surface area contributed by atoms with E-state index in [0.29, 0.717) is 11.4 Å². The van der Waals surface area contributed by atoms with E-state index in [2.05, 4.69) is 0 Å². The van der Waals surface area contributed by atoms with Crippen molar-refractivity contribution in [2.75, 3.05) is 6.54 Å². The number of benzene rings is 2. The van der Waals surface area contributed by atoms with E-state index >= 15 is 0 Å². The molecule has 1 fully saturated rings. The van der Waals surface area contributed by atoms with Crippen LogP contribution in [0.1, 0.15) is 19.8 Å². The zero-order chi connectivity index (χ0) is 17.6. The molecule has 6 heteroatoms. The molecule has 130 valence electrons. The molecule has 0 bridgehead atoms. The van der Waals surface area contributed by atoms with Gasteiger partial charge < -0.3 is 5.11 Å². The van der Waals surface area contributed by atoms with Crippen molar-refractivity contribution >= 4 is 20.8 Å². The molecule has 1 N–H and O–H groups in total. The number of nitrogens with zero attached hydrogens (tertiary/aromatic N) is 2. The molecule has 0 saturated carbocycles. The Hall–Kier alpha value is -2.31. The predicted molar refractivity (Wildman–Crippen MR) is 97.5 cm³/mol. The smallest absolute Gasteiger partial charge is 0.243 e. The maximum absolute atomic E-state index is 12.8. The number of hydrogen-bond donors (Lipinski definition) is 1. The van der Waals surface area contributed by atoms with Gasteiger partial charge in [-0.1, -0.05) is 18.2 Å². The molecule has 0 aliphatic carbocycles. The Morgan fingerprint density at radius 3 is 2.44 bits per heavy atom. The number of fused-ring (bicyclic) bond motifs is 1. The topological polar surface area (TPSA) is 62.5 Å². The van der Waals surface area contributed by atoms with Gasteiger partial charge >= 0.3 is 0 Å². The van der Waals surface area contributed by atoms with Gasteiger partial charge in [0.1, 0.15) is 0 Å². The Bertz CT molecular complexity index is 1020. The summed E-state index contributed by atoms with van der Waals surface area (Å²) in [4.78, 5) is 0.293. The van der Waals surface area contributed by atoms with Crippen molar-refractivity contribution in [3.63, 3.8) is 0 Å². The predicted octanol–water partition coefficient (Wildman–Crippen LogP) is 3.51. The van der Waals surface area contributed by atoms with Gasteiger partial charge in [0.15, 0.2) is 0 Å². The lowest BCUT2D eigenvalue weighted by molar-refractivity contribution is 0.408. The van der Waals surface area contributed by atoms with Gasteiger partial charge in [0.25, 0.3) is 0 Å². The van der Waals surface area contributed by atoms with E-state index < -0.39 is 10.0 Å². The molecule has 1 saturated heterocycles. The average Bonchev–Trinajstić information content (AvgIpc) is 3.19. The van der Waals surface area contributed by atoms with E-state index in [1.165, 1.54) is 0 Å². The van der Waals surface area contributed by atoms with Crippen LogP contribution in [0.5, 0.6) is 5.88 Å². The first-order chi connectivity index (χ1) is 12.0. The molecule has 4 rings (SSSR count). The van der Waals surface area contributed by atoms with Crippen molar-refractivity contribution < 1.29 is 13.5 Å². The Labute approximate surface area is 147 Å². The highest BCUT2D eigenvalue weighted by atomic mass is 32.2. The minimum atomic E-state index is -3.46. The second kappa shape index (κ2) is 5.89. The third-order valence-electron chi connectivity index (χ3n) is 4.91. The maximum atomic E-state index is 12.8. The van der Waals surface area contributed by atoms with Crippen LogP contribution in [0.3, 0.4) is 0 Å². The van der Waals surface area contributed by atoms with Gasteiger partial charge in [0.05, 0.1) is 4.90 Å². The van der Waals surface area contributed by atoms with E-state index in [4.69, 9.17) is 0 Å². The first-order valence-electron chi connectivity index (χ1n) is 8.40. The van der Waals surface area contributed by atoms with E-state index in [1.54, 1.807) is 33.1 Å². The molecule has 0 radical (unpaired) electrons. The zero-order valence-electron chi connectivity index (χ0n) is 14.0. The van der Waals surface area contributed by atoms with Crippen molar-refractivity contribution in [3.8, 4) is 11.6 Å². The van der Waals surface area contributed by atoms with E-state index in [1.807, 2.05) is 37.4 Å².